The van der Waals surface area contributed by atoms with Gasteiger partial charge >= 0.3 is 0 Å². The highest BCUT2D eigenvalue weighted by Gasteiger charge is 2.15. The van der Waals surface area contributed by atoms with Crippen molar-refractivity contribution in [2.24, 2.45) is 7.05 Å². The third-order valence-electron chi connectivity index (χ3n) is 4.07. The van der Waals surface area contributed by atoms with E-state index in [1.54, 1.807) is 18.0 Å². The van der Waals surface area contributed by atoms with Crippen molar-refractivity contribution in [1.82, 2.24) is 19.9 Å². The molecule has 0 bridgehead atoms. The van der Waals surface area contributed by atoms with E-state index in [0.29, 0.717) is 16.7 Å². The monoisotopic (exact) mass is 382 g/mol. The van der Waals surface area contributed by atoms with Crippen LogP contribution in [0.3, 0.4) is 0 Å². The SMILES string of the molecule is CSc1ccc(Cl)c(-c2nc(-c3cccc(-c4ccnn4C)c3)no2)c1. The Hall–Kier alpha value is -2.57. The molecule has 2 heterocycles. The van der Waals surface area contributed by atoms with E-state index < -0.39 is 0 Å². The van der Waals surface area contributed by atoms with Gasteiger partial charge in [-0.2, -0.15) is 10.1 Å². The first kappa shape index (κ1) is 16.9. The molecule has 2 aromatic heterocycles. The molecule has 0 aliphatic rings. The molecule has 0 saturated heterocycles. The smallest absolute Gasteiger partial charge is 0.259 e. The molecule has 130 valence electrons. The fourth-order valence-electron chi connectivity index (χ4n) is 2.72. The van der Waals surface area contributed by atoms with Crippen LogP contribution < -0.4 is 0 Å². The Morgan fingerprint density at radius 1 is 1.08 bits per heavy atom. The zero-order valence-corrected chi connectivity index (χ0v) is 15.8. The van der Waals surface area contributed by atoms with Gasteiger partial charge in [0.15, 0.2) is 0 Å². The average molecular weight is 383 g/mol. The molecule has 0 saturated carbocycles. The zero-order chi connectivity index (χ0) is 18.1. The predicted octanol–water partition coefficient (Wildman–Crippen LogP) is 5.18. The average Bonchev–Trinajstić information content (AvgIpc) is 3.31. The number of nitrogens with zero attached hydrogens (tertiary/aromatic N) is 4. The van der Waals surface area contributed by atoms with Gasteiger partial charge in [-0.15, -0.1) is 11.8 Å². The van der Waals surface area contributed by atoms with E-state index in [1.807, 2.05) is 66.5 Å². The fourth-order valence-corrected chi connectivity index (χ4v) is 3.36. The zero-order valence-electron chi connectivity index (χ0n) is 14.2. The molecular formula is C19H15ClN4OS. The lowest BCUT2D eigenvalue weighted by atomic mass is 10.1. The number of benzene rings is 2. The second-order valence-electron chi connectivity index (χ2n) is 5.69. The number of aromatic nitrogens is 4. The molecule has 5 nitrogen and oxygen atoms in total. The van der Waals surface area contributed by atoms with Gasteiger partial charge in [0.1, 0.15) is 0 Å². The highest BCUT2D eigenvalue weighted by atomic mass is 35.5. The minimum absolute atomic E-state index is 0.409. The van der Waals surface area contributed by atoms with Crippen LogP contribution >= 0.6 is 23.4 Å². The first-order chi connectivity index (χ1) is 12.7. The van der Waals surface area contributed by atoms with Crippen LogP contribution in [0.1, 0.15) is 0 Å². The second kappa shape index (κ2) is 6.97. The van der Waals surface area contributed by atoms with Crippen molar-refractivity contribution in [3.8, 4) is 34.1 Å². The van der Waals surface area contributed by atoms with Crippen molar-refractivity contribution in [2.75, 3.05) is 6.26 Å². The van der Waals surface area contributed by atoms with Gasteiger partial charge in [-0.05, 0) is 36.6 Å². The lowest BCUT2D eigenvalue weighted by Crippen LogP contribution is -1.93. The van der Waals surface area contributed by atoms with Crippen LogP contribution in [0, 0.1) is 0 Å². The van der Waals surface area contributed by atoms with E-state index in [9.17, 15) is 0 Å². The van der Waals surface area contributed by atoms with Crippen molar-refractivity contribution in [3.63, 3.8) is 0 Å². The number of hydrogen-bond acceptors (Lipinski definition) is 5. The predicted molar refractivity (Wildman–Crippen MR) is 104 cm³/mol. The van der Waals surface area contributed by atoms with E-state index in [0.717, 1.165) is 27.3 Å². The summed E-state index contributed by atoms with van der Waals surface area (Å²) in [5, 5.41) is 8.93. The summed E-state index contributed by atoms with van der Waals surface area (Å²) in [4.78, 5) is 5.62. The molecule has 0 spiro atoms. The number of thioether (sulfide) groups is 1. The van der Waals surface area contributed by atoms with Crippen molar-refractivity contribution in [3.05, 3.63) is 59.8 Å². The molecule has 26 heavy (non-hydrogen) atoms. The lowest BCUT2D eigenvalue weighted by Gasteiger charge is -2.03. The van der Waals surface area contributed by atoms with Crippen LogP contribution in [0.25, 0.3) is 34.1 Å². The Balaban J connectivity index is 1.72. The third-order valence-corrected chi connectivity index (χ3v) is 5.12. The van der Waals surface area contributed by atoms with Gasteiger partial charge in [-0.3, -0.25) is 4.68 Å². The fraction of sp³-hybridized carbons (Fsp3) is 0.105. The van der Waals surface area contributed by atoms with Crippen molar-refractivity contribution in [2.45, 2.75) is 4.90 Å². The Bertz CT molecular complexity index is 1070. The van der Waals surface area contributed by atoms with Crippen molar-refractivity contribution >= 4 is 23.4 Å². The summed E-state index contributed by atoms with van der Waals surface area (Å²) in [7, 11) is 1.91. The molecular weight excluding hydrogens is 368 g/mol. The van der Waals surface area contributed by atoms with E-state index in [4.69, 9.17) is 16.1 Å². The third kappa shape index (κ3) is 3.13. The molecule has 0 fully saturated rings. The molecule has 0 aliphatic heterocycles. The summed E-state index contributed by atoms with van der Waals surface area (Å²) in [6.07, 6.45) is 3.78. The Morgan fingerprint density at radius 3 is 2.69 bits per heavy atom. The number of rotatable bonds is 4. The maximum atomic E-state index is 6.31. The number of halogens is 1. The first-order valence-corrected chi connectivity index (χ1v) is 9.52. The number of aryl methyl sites for hydroxylation is 1. The van der Waals surface area contributed by atoms with Gasteiger partial charge in [0, 0.05) is 29.3 Å². The van der Waals surface area contributed by atoms with Crippen LogP contribution in [0.4, 0.5) is 0 Å². The molecule has 7 heteroatoms. The van der Waals surface area contributed by atoms with Gasteiger partial charge in [0.05, 0.1) is 16.3 Å². The maximum absolute atomic E-state index is 6.31. The summed E-state index contributed by atoms with van der Waals surface area (Å²) in [5.41, 5.74) is 3.67. The molecule has 4 aromatic rings. The van der Waals surface area contributed by atoms with E-state index >= 15 is 0 Å². The van der Waals surface area contributed by atoms with E-state index in [-0.39, 0.29) is 0 Å². The van der Waals surface area contributed by atoms with Crippen LogP contribution in [0.15, 0.2) is 64.1 Å². The van der Waals surface area contributed by atoms with Gasteiger partial charge in [-0.25, -0.2) is 0 Å². The van der Waals surface area contributed by atoms with Crippen molar-refractivity contribution in [1.29, 1.82) is 0 Å². The van der Waals surface area contributed by atoms with Gasteiger partial charge < -0.3 is 4.52 Å². The highest BCUT2D eigenvalue weighted by Crippen LogP contribution is 2.32. The second-order valence-corrected chi connectivity index (χ2v) is 6.98. The molecule has 0 amide bonds. The van der Waals surface area contributed by atoms with Crippen LogP contribution in [-0.4, -0.2) is 26.2 Å². The van der Waals surface area contributed by atoms with Crippen LogP contribution in [0.2, 0.25) is 5.02 Å². The Labute approximate surface area is 160 Å². The Morgan fingerprint density at radius 2 is 1.92 bits per heavy atom. The largest absolute Gasteiger partial charge is 0.334 e. The van der Waals surface area contributed by atoms with Crippen molar-refractivity contribution < 1.29 is 4.52 Å². The standard InChI is InChI=1S/C19H15ClN4OS/c1-24-17(8-9-21-24)12-4-3-5-13(10-12)18-22-19(25-23-18)15-11-14(26-2)6-7-16(15)20/h3-11H,1-2H3. The molecule has 2 aromatic carbocycles. The summed E-state index contributed by atoms with van der Waals surface area (Å²) >= 11 is 7.94. The topological polar surface area (TPSA) is 56.7 Å². The quantitative estimate of drug-likeness (QED) is 0.455. The maximum Gasteiger partial charge on any atom is 0.259 e. The summed E-state index contributed by atoms with van der Waals surface area (Å²) in [6, 6.07) is 15.7. The molecule has 0 atom stereocenters. The molecule has 4 rings (SSSR count). The van der Waals surface area contributed by atoms with E-state index in [1.165, 1.54) is 0 Å². The van der Waals surface area contributed by atoms with Gasteiger partial charge in [0.2, 0.25) is 5.82 Å². The van der Waals surface area contributed by atoms with E-state index in [2.05, 4.69) is 15.2 Å². The molecule has 0 N–H and O–H groups in total. The van der Waals surface area contributed by atoms with Crippen LogP contribution in [-0.2, 0) is 7.05 Å². The summed E-state index contributed by atoms with van der Waals surface area (Å²) < 4.78 is 7.30. The summed E-state index contributed by atoms with van der Waals surface area (Å²) in [6.45, 7) is 0. The molecule has 0 aliphatic carbocycles. The molecule has 0 radical (unpaired) electrons. The summed E-state index contributed by atoms with van der Waals surface area (Å²) in [5.74, 6) is 0.932. The van der Waals surface area contributed by atoms with Gasteiger partial charge in [-0.1, -0.05) is 35.0 Å². The lowest BCUT2D eigenvalue weighted by molar-refractivity contribution is 0.432. The minimum Gasteiger partial charge on any atom is -0.334 e. The van der Waals surface area contributed by atoms with Crippen LogP contribution in [0.5, 0.6) is 0 Å². The minimum atomic E-state index is 0.409. The van der Waals surface area contributed by atoms with Gasteiger partial charge in [0.25, 0.3) is 5.89 Å². The number of hydrogen-bond donors (Lipinski definition) is 0. The molecule has 0 unspecified atom stereocenters. The normalized spacial score (nSPS) is 11.0. The first-order valence-electron chi connectivity index (χ1n) is 7.92. The highest BCUT2D eigenvalue weighted by molar-refractivity contribution is 7.98. The Kier molecular flexibility index (Phi) is 4.53.